The van der Waals surface area contributed by atoms with Gasteiger partial charge in [-0.2, -0.15) is 13.2 Å². The Hall–Kier alpha value is -1.96. The van der Waals surface area contributed by atoms with Crippen LogP contribution in [0.1, 0.15) is 36.0 Å². The number of benzene rings is 2. The Bertz CT molecular complexity index is 1050. The molecule has 1 aliphatic carbocycles. The Morgan fingerprint density at radius 2 is 1.81 bits per heavy atom. The predicted octanol–water partition coefficient (Wildman–Crippen LogP) is 6.26. The van der Waals surface area contributed by atoms with Gasteiger partial charge in [-0.15, -0.1) is 0 Å². The second kappa shape index (κ2) is 8.19. The highest BCUT2D eigenvalue weighted by Gasteiger charge is 2.62. The van der Waals surface area contributed by atoms with Crippen molar-refractivity contribution >= 4 is 46.4 Å². The minimum absolute atomic E-state index is 0.0338. The fourth-order valence-corrected chi connectivity index (χ4v) is 4.12. The number of hydrogen-bond donors (Lipinski definition) is 1. The number of carbonyl (C=O) groups excluding carboxylic acids is 1. The van der Waals surface area contributed by atoms with Gasteiger partial charge in [0, 0.05) is 39.5 Å². The second-order valence-electron chi connectivity index (χ2n) is 7.59. The van der Waals surface area contributed by atoms with Crippen molar-refractivity contribution in [2.45, 2.75) is 37.6 Å². The molecule has 1 saturated carbocycles. The smallest absolute Gasteiger partial charge is 0.374 e. The summed E-state index contributed by atoms with van der Waals surface area (Å²) in [6, 6.07) is 8.40. The quantitative estimate of drug-likeness (QED) is 0.537. The first kappa shape index (κ1) is 22.2. The topological polar surface area (TPSA) is 50.7 Å². The lowest BCUT2D eigenvalue weighted by atomic mass is 9.86. The highest BCUT2D eigenvalue weighted by Crippen LogP contribution is 2.49. The molecule has 0 spiro atoms. The highest BCUT2D eigenvalue weighted by atomic mass is 35.5. The molecule has 4 rings (SSSR count). The Kier molecular flexibility index (Phi) is 5.87. The molecule has 0 bridgehead atoms. The number of amides is 1. The largest absolute Gasteiger partial charge is 0.435 e. The minimum atomic E-state index is -4.78. The van der Waals surface area contributed by atoms with Crippen LogP contribution in [0.2, 0.25) is 15.1 Å². The number of hydrogen-bond acceptors (Lipinski definition) is 3. The van der Waals surface area contributed by atoms with Gasteiger partial charge in [-0.3, -0.25) is 4.79 Å². The molecule has 0 aromatic heterocycles. The molecule has 1 fully saturated rings. The average molecular weight is 492 g/mol. The van der Waals surface area contributed by atoms with Crippen LogP contribution in [0, 0.1) is 5.92 Å². The minimum Gasteiger partial charge on any atom is -0.374 e. The molecule has 1 atom stereocenters. The summed E-state index contributed by atoms with van der Waals surface area (Å²) in [6.07, 6.45) is -3.62. The van der Waals surface area contributed by atoms with Crippen LogP contribution in [0.4, 0.5) is 13.2 Å². The van der Waals surface area contributed by atoms with Crippen LogP contribution in [0.5, 0.6) is 0 Å². The molecular formula is C21H16Cl3F3N2O2. The van der Waals surface area contributed by atoms with E-state index in [0.29, 0.717) is 16.1 Å². The fourth-order valence-electron chi connectivity index (χ4n) is 3.41. The number of carbonyl (C=O) groups is 1. The van der Waals surface area contributed by atoms with Gasteiger partial charge in [-0.1, -0.05) is 46.0 Å². The molecule has 1 aliphatic heterocycles. The van der Waals surface area contributed by atoms with E-state index in [1.165, 1.54) is 18.2 Å². The van der Waals surface area contributed by atoms with E-state index in [-0.39, 0.29) is 39.7 Å². The summed E-state index contributed by atoms with van der Waals surface area (Å²) in [5.41, 5.74) is -1.86. The molecule has 4 nitrogen and oxygen atoms in total. The summed E-state index contributed by atoms with van der Waals surface area (Å²) >= 11 is 18.1. The maximum absolute atomic E-state index is 14.1. The van der Waals surface area contributed by atoms with Gasteiger partial charge >= 0.3 is 6.18 Å². The molecule has 1 heterocycles. The van der Waals surface area contributed by atoms with Crippen molar-refractivity contribution in [3.05, 3.63) is 68.2 Å². The SMILES string of the molecule is O=C(NCc1cc(C2=NOC(c3cc(Cl)cc(Cl)c3)(C(F)(F)F)C2)ccc1Cl)C1CC1. The Labute approximate surface area is 191 Å². The van der Waals surface area contributed by atoms with E-state index < -0.39 is 18.2 Å². The van der Waals surface area contributed by atoms with Gasteiger partial charge in [-0.05, 0) is 54.3 Å². The molecule has 1 amide bonds. The normalized spacial score (nSPS) is 20.9. The number of oxime groups is 1. The van der Waals surface area contributed by atoms with Crippen LogP contribution in [-0.2, 0) is 21.8 Å². The zero-order valence-electron chi connectivity index (χ0n) is 15.9. The van der Waals surface area contributed by atoms with Crippen LogP contribution in [0.15, 0.2) is 41.6 Å². The molecule has 164 valence electrons. The van der Waals surface area contributed by atoms with E-state index in [1.807, 2.05) is 0 Å². The maximum atomic E-state index is 14.1. The van der Waals surface area contributed by atoms with E-state index in [2.05, 4.69) is 10.5 Å². The van der Waals surface area contributed by atoms with Gasteiger partial charge in [0.05, 0.1) is 5.71 Å². The third kappa shape index (κ3) is 4.49. The monoisotopic (exact) mass is 490 g/mol. The fraction of sp³-hybridized carbons (Fsp3) is 0.333. The molecule has 10 heteroatoms. The van der Waals surface area contributed by atoms with Gasteiger partial charge in [0.25, 0.3) is 5.60 Å². The van der Waals surface area contributed by atoms with Crippen molar-refractivity contribution in [2.24, 2.45) is 11.1 Å². The second-order valence-corrected chi connectivity index (χ2v) is 8.87. The zero-order valence-corrected chi connectivity index (χ0v) is 18.2. The Balaban J connectivity index is 1.61. The molecule has 2 aromatic rings. The summed E-state index contributed by atoms with van der Waals surface area (Å²) < 4.78 is 42.4. The van der Waals surface area contributed by atoms with E-state index >= 15 is 0 Å². The van der Waals surface area contributed by atoms with Crippen molar-refractivity contribution < 1.29 is 22.8 Å². The van der Waals surface area contributed by atoms with Gasteiger partial charge in [0.15, 0.2) is 0 Å². The summed E-state index contributed by atoms with van der Waals surface area (Å²) in [4.78, 5) is 16.9. The van der Waals surface area contributed by atoms with Gasteiger partial charge < -0.3 is 10.2 Å². The Morgan fingerprint density at radius 1 is 1.13 bits per heavy atom. The maximum Gasteiger partial charge on any atom is 0.435 e. The van der Waals surface area contributed by atoms with Crippen molar-refractivity contribution in [3.63, 3.8) is 0 Å². The van der Waals surface area contributed by atoms with E-state index in [0.717, 1.165) is 12.8 Å². The molecule has 0 radical (unpaired) electrons. The van der Waals surface area contributed by atoms with Crippen molar-refractivity contribution in [3.8, 4) is 0 Å². The molecule has 2 aromatic carbocycles. The lowest BCUT2D eigenvalue weighted by Crippen LogP contribution is -2.42. The standard InChI is InChI=1S/C21H16Cl3F3N2O2/c22-15-6-14(7-16(23)8-15)20(21(25,26)27)9-18(29-31-20)12-3-4-17(24)13(5-12)10-28-19(30)11-1-2-11/h3-8,11H,1-2,9-10H2,(H,28,30). The van der Waals surface area contributed by atoms with Gasteiger partial charge in [0.2, 0.25) is 5.91 Å². The summed E-state index contributed by atoms with van der Waals surface area (Å²) in [7, 11) is 0. The van der Waals surface area contributed by atoms with E-state index in [9.17, 15) is 18.0 Å². The predicted molar refractivity (Wildman–Crippen MR) is 112 cm³/mol. The molecule has 2 aliphatic rings. The number of rotatable bonds is 5. The number of nitrogens with zero attached hydrogens (tertiary/aromatic N) is 1. The molecule has 31 heavy (non-hydrogen) atoms. The number of halogens is 6. The lowest BCUT2D eigenvalue weighted by Gasteiger charge is -2.29. The third-order valence-electron chi connectivity index (χ3n) is 5.29. The van der Waals surface area contributed by atoms with E-state index in [1.54, 1.807) is 18.2 Å². The van der Waals surface area contributed by atoms with Crippen LogP contribution < -0.4 is 5.32 Å². The first-order chi connectivity index (χ1) is 14.6. The number of alkyl halides is 3. The molecule has 1 N–H and O–H groups in total. The van der Waals surface area contributed by atoms with Crippen LogP contribution in [-0.4, -0.2) is 17.8 Å². The number of nitrogens with one attached hydrogen (secondary N) is 1. The molecule has 0 saturated heterocycles. The third-order valence-corrected chi connectivity index (χ3v) is 6.10. The van der Waals surface area contributed by atoms with Crippen LogP contribution >= 0.6 is 34.8 Å². The van der Waals surface area contributed by atoms with Gasteiger partial charge in [0.1, 0.15) is 0 Å². The highest BCUT2D eigenvalue weighted by molar-refractivity contribution is 6.34. The first-order valence-corrected chi connectivity index (χ1v) is 10.6. The molecular weight excluding hydrogens is 476 g/mol. The van der Waals surface area contributed by atoms with Crippen molar-refractivity contribution in [1.82, 2.24) is 5.32 Å². The average Bonchev–Trinajstić information content (AvgIpc) is 3.43. The van der Waals surface area contributed by atoms with Gasteiger partial charge in [-0.25, -0.2) is 0 Å². The zero-order chi connectivity index (χ0) is 22.4. The molecule has 1 unspecified atom stereocenters. The first-order valence-electron chi connectivity index (χ1n) is 9.44. The summed E-state index contributed by atoms with van der Waals surface area (Å²) in [6.45, 7) is 0.171. The lowest BCUT2D eigenvalue weighted by molar-refractivity contribution is -0.275. The summed E-state index contributed by atoms with van der Waals surface area (Å²) in [5.74, 6) is -0.0246. The van der Waals surface area contributed by atoms with Crippen molar-refractivity contribution in [2.75, 3.05) is 0 Å². The van der Waals surface area contributed by atoms with E-state index in [4.69, 9.17) is 39.6 Å². The van der Waals surface area contributed by atoms with Crippen molar-refractivity contribution in [1.29, 1.82) is 0 Å². The summed E-state index contributed by atoms with van der Waals surface area (Å²) in [5, 5.41) is 7.05. The van der Waals surface area contributed by atoms with Crippen LogP contribution in [0.3, 0.4) is 0 Å². The van der Waals surface area contributed by atoms with Crippen LogP contribution in [0.25, 0.3) is 0 Å². The Morgan fingerprint density at radius 3 is 2.42 bits per heavy atom.